The van der Waals surface area contributed by atoms with Crippen molar-refractivity contribution in [2.75, 3.05) is 11.9 Å². The summed E-state index contributed by atoms with van der Waals surface area (Å²) in [6, 6.07) is 11.2. The first-order chi connectivity index (χ1) is 13.3. The molecule has 0 atom stereocenters. The fraction of sp³-hybridized carbons (Fsp3) is 0.150. The Hall–Kier alpha value is -3.55. The number of nitrogens with zero attached hydrogens (tertiary/aromatic N) is 2. The zero-order valence-electron chi connectivity index (χ0n) is 15.2. The van der Waals surface area contributed by atoms with Crippen molar-refractivity contribution in [2.45, 2.75) is 13.8 Å². The van der Waals surface area contributed by atoms with Gasteiger partial charge in [-0.2, -0.15) is 5.10 Å². The molecule has 1 N–H and O–H groups in total. The first-order valence-electron chi connectivity index (χ1n) is 8.39. The average Bonchev–Trinajstić information content (AvgIpc) is 3.00. The monoisotopic (exact) mass is 385 g/mol. The summed E-state index contributed by atoms with van der Waals surface area (Å²) < 4.78 is 33.0. The van der Waals surface area contributed by atoms with Crippen molar-refractivity contribution in [3.8, 4) is 5.69 Å². The second kappa shape index (κ2) is 7.99. The molecule has 6 nitrogen and oxygen atoms in total. The van der Waals surface area contributed by atoms with E-state index < -0.39 is 30.1 Å². The molecule has 1 heterocycles. The molecule has 3 rings (SSSR count). The van der Waals surface area contributed by atoms with Crippen LogP contribution in [0.5, 0.6) is 0 Å². The minimum Gasteiger partial charge on any atom is -0.452 e. The quantitative estimate of drug-likeness (QED) is 0.682. The summed E-state index contributed by atoms with van der Waals surface area (Å²) in [6.07, 6.45) is 0. The number of nitrogens with one attached hydrogen (secondary N) is 1. The van der Waals surface area contributed by atoms with Crippen LogP contribution in [0.3, 0.4) is 0 Å². The number of hydrogen-bond acceptors (Lipinski definition) is 4. The van der Waals surface area contributed by atoms with Crippen LogP contribution in [-0.4, -0.2) is 28.3 Å². The van der Waals surface area contributed by atoms with Gasteiger partial charge < -0.3 is 10.1 Å². The maximum Gasteiger partial charge on any atom is 0.338 e. The largest absolute Gasteiger partial charge is 0.452 e. The van der Waals surface area contributed by atoms with Crippen LogP contribution in [-0.2, 0) is 9.53 Å². The highest BCUT2D eigenvalue weighted by molar-refractivity contribution is 5.95. The molecule has 0 bridgehead atoms. The van der Waals surface area contributed by atoms with Gasteiger partial charge in [-0.05, 0) is 56.3 Å². The number of ether oxygens (including phenoxy) is 1. The van der Waals surface area contributed by atoms with Crippen molar-refractivity contribution >= 4 is 17.6 Å². The number of benzene rings is 2. The van der Waals surface area contributed by atoms with Crippen LogP contribution < -0.4 is 5.32 Å². The summed E-state index contributed by atoms with van der Waals surface area (Å²) in [5, 5.41) is 6.57. The topological polar surface area (TPSA) is 73.2 Å². The predicted molar refractivity (Wildman–Crippen MR) is 98.3 cm³/mol. The Labute approximate surface area is 159 Å². The maximum atomic E-state index is 13.5. The number of esters is 1. The Morgan fingerprint density at radius 2 is 1.79 bits per heavy atom. The molecule has 0 spiro atoms. The van der Waals surface area contributed by atoms with Gasteiger partial charge >= 0.3 is 5.97 Å². The van der Waals surface area contributed by atoms with Crippen molar-refractivity contribution in [3.05, 3.63) is 77.1 Å². The molecule has 0 aliphatic carbocycles. The number of halogens is 2. The van der Waals surface area contributed by atoms with Gasteiger partial charge in [-0.1, -0.05) is 0 Å². The molecule has 0 aliphatic heterocycles. The van der Waals surface area contributed by atoms with Crippen LogP contribution in [0.25, 0.3) is 5.69 Å². The lowest BCUT2D eigenvalue weighted by atomic mass is 10.2. The van der Waals surface area contributed by atoms with Gasteiger partial charge in [-0.15, -0.1) is 0 Å². The van der Waals surface area contributed by atoms with Gasteiger partial charge in [0, 0.05) is 11.8 Å². The molecule has 8 heteroatoms. The third kappa shape index (κ3) is 4.40. The summed E-state index contributed by atoms with van der Waals surface area (Å²) in [5.41, 5.74) is 2.68. The Morgan fingerprint density at radius 3 is 2.39 bits per heavy atom. The molecule has 0 unspecified atom stereocenters. The molecule has 3 aromatic rings. The zero-order chi connectivity index (χ0) is 20.3. The molecular weight excluding hydrogens is 368 g/mol. The third-order valence-electron chi connectivity index (χ3n) is 3.90. The summed E-state index contributed by atoms with van der Waals surface area (Å²) in [7, 11) is 0. The van der Waals surface area contributed by atoms with Crippen molar-refractivity contribution in [2.24, 2.45) is 0 Å². The van der Waals surface area contributed by atoms with Gasteiger partial charge in [-0.3, -0.25) is 4.79 Å². The fourth-order valence-electron chi connectivity index (χ4n) is 2.62. The van der Waals surface area contributed by atoms with E-state index in [4.69, 9.17) is 4.74 Å². The number of carbonyl (C=O) groups excluding carboxylic acids is 2. The van der Waals surface area contributed by atoms with E-state index >= 15 is 0 Å². The van der Waals surface area contributed by atoms with Crippen molar-refractivity contribution in [1.82, 2.24) is 9.78 Å². The minimum atomic E-state index is -0.917. The van der Waals surface area contributed by atoms with Crippen molar-refractivity contribution in [1.29, 1.82) is 0 Å². The second-order valence-corrected chi connectivity index (χ2v) is 6.13. The zero-order valence-corrected chi connectivity index (χ0v) is 15.2. The smallest absolute Gasteiger partial charge is 0.338 e. The van der Waals surface area contributed by atoms with Crippen molar-refractivity contribution in [3.63, 3.8) is 0 Å². The van der Waals surface area contributed by atoms with E-state index in [0.717, 1.165) is 29.2 Å². The normalized spacial score (nSPS) is 10.6. The molecule has 0 saturated carbocycles. The second-order valence-electron chi connectivity index (χ2n) is 6.13. The van der Waals surface area contributed by atoms with Crippen LogP contribution in [0.1, 0.15) is 21.7 Å². The van der Waals surface area contributed by atoms with Gasteiger partial charge in [0.2, 0.25) is 0 Å². The Kier molecular flexibility index (Phi) is 5.49. The van der Waals surface area contributed by atoms with Gasteiger partial charge in [0.25, 0.3) is 5.91 Å². The molecule has 2 aromatic carbocycles. The molecule has 1 amide bonds. The number of amides is 1. The molecule has 0 radical (unpaired) electrons. The molecule has 1 aromatic heterocycles. The SMILES string of the molecule is Cc1cc(C)n(-c2ccc(C(=O)OCC(=O)Nc3ccc(F)cc3F)cc2)n1. The van der Waals surface area contributed by atoms with E-state index in [1.165, 1.54) is 0 Å². The molecule has 0 aliphatic rings. The van der Waals surface area contributed by atoms with Crippen LogP contribution >= 0.6 is 0 Å². The van der Waals surface area contributed by atoms with E-state index in [1.54, 1.807) is 28.9 Å². The maximum absolute atomic E-state index is 13.5. The summed E-state index contributed by atoms with van der Waals surface area (Å²) >= 11 is 0. The van der Waals surface area contributed by atoms with Gasteiger partial charge in [0.1, 0.15) is 11.6 Å². The highest BCUT2D eigenvalue weighted by atomic mass is 19.1. The van der Waals surface area contributed by atoms with Gasteiger partial charge in [0.05, 0.1) is 22.6 Å². The summed E-state index contributed by atoms with van der Waals surface area (Å²) in [4.78, 5) is 23.9. The number of aryl methyl sites for hydroxylation is 2. The molecular formula is C20H17F2N3O3. The highest BCUT2D eigenvalue weighted by Crippen LogP contribution is 2.15. The first kappa shape index (κ1) is 19.2. The fourth-order valence-corrected chi connectivity index (χ4v) is 2.62. The molecule has 28 heavy (non-hydrogen) atoms. The van der Waals surface area contributed by atoms with E-state index in [2.05, 4.69) is 10.4 Å². The van der Waals surface area contributed by atoms with Gasteiger partial charge in [-0.25, -0.2) is 18.3 Å². The summed E-state index contributed by atoms with van der Waals surface area (Å²) in [6.45, 7) is 3.21. The minimum absolute atomic E-state index is 0.198. The third-order valence-corrected chi connectivity index (χ3v) is 3.90. The van der Waals surface area contributed by atoms with E-state index in [-0.39, 0.29) is 11.3 Å². The molecule has 0 saturated heterocycles. The Bertz CT molecular complexity index is 1030. The van der Waals surface area contributed by atoms with Crippen LogP contribution in [0, 0.1) is 25.5 Å². The lowest BCUT2D eigenvalue weighted by molar-refractivity contribution is -0.119. The van der Waals surface area contributed by atoms with Crippen molar-refractivity contribution < 1.29 is 23.1 Å². The van der Waals surface area contributed by atoms with E-state index in [0.29, 0.717) is 6.07 Å². The van der Waals surface area contributed by atoms with Crippen LogP contribution in [0.2, 0.25) is 0 Å². The van der Waals surface area contributed by atoms with Crippen LogP contribution in [0.4, 0.5) is 14.5 Å². The number of carbonyl (C=O) groups is 2. The molecule has 144 valence electrons. The Morgan fingerprint density at radius 1 is 1.07 bits per heavy atom. The molecule has 0 fully saturated rings. The van der Waals surface area contributed by atoms with E-state index in [9.17, 15) is 18.4 Å². The highest BCUT2D eigenvalue weighted by Gasteiger charge is 2.13. The predicted octanol–water partition coefficient (Wildman–Crippen LogP) is 3.56. The number of hydrogen-bond donors (Lipinski definition) is 1. The first-order valence-corrected chi connectivity index (χ1v) is 8.39. The summed E-state index contributed by atoms with van der Waals surface area (Å²) in [5.74, 6) is -3.11. The van der Waals surface area contributed by atoms with Gasteiger partial charge in [0.15, 0.2) is 6.61 Å². The Balaban J connectivity index is 1.58. The number of anilines is 1. The number of rotatable bonds is 5. The average molecular weight is 385 g/mol. The lowest BCUT2D eigenvalue weighted by Crippen LogP contribution is -2.21. The van der Waals surface area contributed by atoms with Crippen LogP contribution in [0.15, 0.2) is 48.5 Å². The van der Waals surface area contributed by atoms with E-state index in [1.807, 2.05) is 19.9 Å². The number of aromatic nitrogens is 2. The standard InChI is InChI=1S/C20H17F2N3O3/c1-12-9-13(2)25(24-12)16-6-3-14(4-7-16)20(27)28-11-19(26)23-18-8-5-15(21)10-17(18)22/h3-10H,11H2,1-2H3,(H,23,26). The lowest BCUT2D eigenvalue weighted by Gasteiger charge is -2.08.